The number of carbonyl (C=O) groups is 1. The normalized spacial score (nSPS) is 11.1. The van der Waals surface area contributed by atoms with E-state index in [0.29, 0.717) is 13.1 Å². The smallest absolute Gasteiger partial charge is 0.244 e. The first-order valence-corrected chi connectivity index (χ1v) is 5.93. The molecule has 0 aliphatic carbocycles. The van der Waals surface area contributed by atoms with Gasteiger partial charge in [0.2, 0.25) is 5.91 Å². The van der Waals surface area contributed by atoms with Crippen molar-refractivity contribution in [2.45, 2.75) is 13.0 Å². The lowest BCUT2D eigenvalue weighted by molar-refractivity contribution is -0.131. The molecule has 4 heteroatoms. The zero-order chi connectivity index (χ0) is 13.5. The first-order valence-electron chi connectivity index (χ1n) is 5.93. The molecule has 0 aliphatic rings. The van der Waals surface area contributed by atoms with Gasteiger partial charge in [-0.1, -0.05) is 42.0 Å². The van der Waals surface area contributed by atoms with Crippen LogP contribution >= 0.6 is 12.4 Å². The molecule has 0 radical (unpaired) electrons. The van der Waals surface area contributed by atoms with Gasteiger partial charge in [-0.25, -0.2) is 0 Å². The number of benzene rings is 1. The summed E-state index contributed by atoms with van der Waals surface area (Å²) in [5, 5.41) is 0. The molecule has 1 unspecified atom stereocenters. The molecule has 3 nitrogen and oxygen atoms in total. The highest BCUT2D eigenvalue weighted by atomic mass is 35.5. The summed E-state index contributed by atoms with van der Waals surface area (Å²) in [5.74, 6) is -0.112. The van der Waals surface area contributed by atoms with Gasteiger partial charge in [0.15, 0.2) is 0 Å². The minimum Gasteiger partial charge on any atom is -0.334 e. The number of amides is 1. The molecule has 0 spiro atoms. The Bertz CT molecular complexity index is 418. The summed E-state index contributed by atoms with van der Waals surface area (Å²) >= 11 is 0. The number of hydrogen-bond donors (Lipinski definition) is 1. The molecule has 0 heterocycles. The van der Waals surface area contributed by atoms with E-state index in [-0.39, 0.29) is 18.3 Å². The van der Waals surface area contributed by atoms with Crippen molar-refractivity contribution in [3.05, 3.63) is 60.7 Å². The second-order valence-corrected chi connectivity index (χ2v) is 4.21. The predicted molar refractivity (Wildman–Crippen MR) is 82.3 cm³/mol. The molecule has 1 atom stereocenters. The Hall–Kier alpha value is -1.58. The highest BCUT2D eigenvalue weighted by Gasteiger charge is 2.20. The average Bonchev–Trinajstić information content (AvgIpc) is 2.38. The molecule has 1 rings (SSSR count). The van der Waals surface area contributed by atoms with Crippen molar-refractivity contribution in [3.63, 3.8) is 0 Å². The number of halogens is 1. The number of nitrogens with zero attached hydrogens (tertiary/aromatic N) is 1. The first-order chi connectivity index (χ1) is 8.60. The standard InChI is InChI=1S/C15H20N2O.ClH/c1-4-10-17(11-5-2)15(18)14(16)13-8-6-12(3)7-9-13;/h4-9,14H,1-2,10-11,16H2,3H3;1H. The maximum absolute atomic E-state index is 12.2. The highest BCUT2D eigenvalue weighted by Crippen LogP contribution is 2.14. The monoisotopic (exact) mass is 280 g/mol. The quantitative estimate of drug-likeness (QED) is 0.814. The maximum atomic E-state index is 12.2. The third-order valence-electron chi connectivity index (χ3n) is 2.71. The van der Waals surface area contributed by atoms with E-state index < -0.39 is 6.04 Å². The van der Waals surface area contributed by atoms with E-state index in [4.69, 9.17) is 5.73 Å². The van der Waals surface area contributed by atoms with E-state index in [2.05, 4.69) is 13.2 Å². The van der Waals surface area contributed by atoms with Crippen molar-refractivity contribution in [1.82, 2.24) is 4.90 Å². The summed E-state index contributed by atoms with van der Waals surface area (Å²) in [6, 6.07) is 7.04. The summed E-state index contributed by atoms with van der Waals surface area (Å²) in [7, 11) is 0. The van der Waals surface area contributed by atoms with Crippen LogP contribution in [0.1, 0.15) is 17.2 Å². The summed E-state index contributed by atoms with van der Waals surface area (Å²) in [6.45, 7) is 10.2. The fourth-order valence-corrected chi connectivity index (χ4v) is 1.68. The molecule has 2 N–H and O–H groups in total. The van der Waals surface area contributed by atoms with Crippen molar-refractivity contribution in [3.8, 4) is 0 Å². The fourth-order valence-electron chi connectivity index (χ4n) is 1.68. The van der Waals surface area contributed by atoms with Gasteiger partial charge in [-0.05, 0) is 12.5 Å². The number of hydrogen-bond acceptors (Lipinski definition) is 2. The second kappa shape index (κ2) is 8.51. The first kappa shape index (κ1) is 17.4. The van der Waals surface area contributed by atoms with Crippen molar-refractivity contribution < 1.29 is 4.79 Å². The van der Waals surface area contributed by atoms with Crippen LogP contribution in [0, 0.1) is 6.92 Å². The average molecular weight is 281 g/mol. The molecule has 0 saturated heterocycles. The lowest BCUT2D eigenvalue weighted by atomic mass is 10.0. The Morgan fingerprint density at radius 2 is 1.74 bits per heavy atom. The molecule has 0 aliphatic heterocycles. The molecule has 1 aromatic carbocycles. The van der Waals surface area contributed by atoms with Crippen LogP contribution in [0.4, 0.5) is 0 Å². The third-order valence-corrected chi connectivity index (χ3v) is 2.71. The van der Waals surface area contributed by atoms with Crippen LogP contribution in [-0.4, -0.2) is 23.9 Å². The van der Waals surface area contributed by atoms with Gasteiger partial charge >= 0.3 is 0 Å². The minimum absolute atomic E-state index is 0. The van der Waals surface area contributed by atoms with Crippen LogP contribution < -0.4 is 5.73 Å². The van der Waals surface area contributed by atoms with Crippen LogP contribution in [0.3, 0.4) is 0 Å². The lowest BCUT2D eigenvalue weighted by Gasteiger charge is -2.23. The highest BCUT2D eigenvalue weighted by molar-refractivity contribution is 5.85. The summed E-state index contributed by atoms with van der Waals surface area (Å²) in [4.78, 5) is 13.8. The van der Waals surface area contributed by atoms with Gasteiger partial charge in [0, 0.05) is 13.1 Å². The lowest BCUT2D eigenvalue weighted by Crippen LogP contribution is -2.38. The van der Waals surface area contributed by atoms with Crippen molar-refractivity contribution in [2.24, 2.45) is 5.73 Å². The van der Waals surface area contributed by atoms with Crippen LogP contribution in [0.5, 0.6) is 0 Å². The largest absolute Gasteiger partial charge is 0.334 e. The Kier molecular flexibility index (Phi) is 7.80. The van der Waals surface area contributed by atoms with Crippen LogP contribution in [0.2, 0.25) is 0 Å². The molecule has 19 heavy (non-hydrogen) atoms. The van der Waals surface area contributed by atoms with Gasteiger partial charge in [0.05, 0.1) is 0 Å². The number of rotatable bonds is 6. The third kappa shape index (κ3) is 4.89. The fraction of sp³-hybridized carbons (Fsp3) is 0.267. The molecular weight excluding hydrogens is 260 g/mol. The van der Waals surface area contributed by atoms with Gasteiger partial charge < -0.3 is 10.6 Å². The van der Waals surface area contributed by atoms with Crippen molar-refractivity contribution >= 4 is 18.3 Å². The Balaban J connectivity index is 0.00000324. The second-order valence-electron chi connectivity index (χ2n) is 4.21. The van der Waals surface area contributed by atoms with Crippen LogP contribution in [-0.2, 0) is 4.79 Å². The Morgan fingerprint density at radius 3 is 2.16 bits per heavy atom. The van der Waals surface area contributed by atoms with Gasteiger partial charge in [0.25, 0.3) is 0 Å². The van der Waals surface area contributed by atoms with E-state index in [1.165, 1.54) is 0 Å². The van der Waals surface area contributed by atoms with Crippen LogP contribution in [0.25, 0.3) is 0 Å². The zero-order valence-corrected chi connectivity index (χ0v) is 12.0. The number of aryl methyl sites for hydroxylation is 1. The maximum Gasteiger partial charge on any atom is 0.244 e. The van der Waals surface area contributed by atoms with E-state index >= 15 is 0 Å². The minimum atomic E-state index is -0.634. The summed E-state index contributed by atoms with van der Waals surface area (Å²) < 4.78 is 0. The molecular formula is C15H21ClN2O. The zero-order valence-electron chi connectivity index (χ0n) is 11.2. The number of carbonyl (C=O) groups excluding carboxylic acids is 1. The number of nitrogens with two attached hydrogens (primary N) is 1. The molecule has 0 aromatic heterocycles. The van der Waals surface area contributed by atoms with Gasteiger partial charge in [-0.3, -0.25) is 4.79 Å². The SMILES string of the molecule is C=CCN(CC=C)C(=O)C(N)c1ccc(C)cc1.Cl. The Labute approximate surface area is 121 Å². The molecule has 0 saturated carbocycles. The van der Waals surface area contributed by atoms with E-state index in [9.17, 15) is 4.79 Å². The summed E-state index contributed by atoms with van der Waals surface area (Å²) in [5.41, 5.74) is 7.96. The van der Waals surface area contributed by atoms with Gasteiger partial charge in [0.1, 0.15) is 6.04 Å². The molecule has 104 valence electrons. The van der Waals surface area contributed by atoms with E-state index in [0.717, 1.165) is 11.1 Å². The van der Waals surface area contributed by atoms with Crippen molar-refractivity contribution in [1.29, 1.82) is 0 Å². The van der Waals surface area contributed by atoms with Crippen LogP contribution in [0.15, 0.2) is 49.6 Å². The van der Waals surface area contributed by atoms with E-state index in [1.807, 2.05) is 31.2 Å². The van der Waals surface area contributed by atoms with E-state index in [1.54, 1.807) is 17.1 Å². The Morgan fingerprint density at radius 1 is 1.26 bits per heavy atom. The van der Waals surface area contributed by atoms with Gasteiger partial charge in [-0.2, -0.15) is 0 Å². The van der Waals surface area contributed by atoms with Crippen molar-refractivity contribution in [2.75, 3.05) is 13.1 Å². The molecule has 1 aromatic rings. The van der Waals surface area contributed by atoms with Gasteiger partial charge in [-0.15, -0.1) is 25.6 Å². The summed E-state index contributed by atoms with van der Waals surface area (Å²) in [6.07, 6.45) is 3.37. The molecule has 1 amide bonds. The topological polar surface area (TPSA) is 46.3 Å². The molecule has 0 fully saturated rings. The predicted octanol–water partition coefficient (Wildman–Crippen LogP) is 2.62. The molecule has 0 bridgehead atoms.